The summed E-state index contributed by atoms with van der Waals surface area (Å²) < 4.78 is 32.1. The summed E-state index contributed by atoms with van der Waals surface area (Å²) in [6.45, 7) is 2.12. The fourth-order valence-corrected chi connectivity index (χ4v) is 5.03. The van der Waals surface area contributed by atoms with Crippen molar-refractivity contribution in [2.24, 2.45) is 0 Å². The molecular formula is C22H26N2O5S. The molecule has 30 heavy (non-hydrogen) atoms. The molecule has 1 amide bonds. The van der Waals surface area contributed by atoms with Gasteiger partial charge in [0.2, 0.25) is 10.0 Å². The normalized spacial score (nSPS) is 16.9. The van der Waals surface area contributed by atoms with Crippen LogP contribution in [0.4, 0.5) is 0 Å². The van der Waals surface area contributed by atoms with Gasteiger partial charge in [-0.25, -0.2) is 8.42 Å². The first-order valence-electron chi connectivity index (χ1n) is 9.94. The van der Waals surface area contributed by atoms with Crippen molar-refractivity contribution in [2.45, 2.75) is 37.1 Å². The van der Waals surface area contributed by atoms with E-state index < -0.39 is 34.5 Å². The number of carbonyl (C=O) groups excluding carboxylic acids is 2. The summed E-state index contributed by atoms with van der Waals surface area (Å²) in [6, 6.07) is 15.3. The van der Waals surface area contributed by atoms with E-state index in [1.165, 1.54) is 16.4 Å². The Morgan fingerprint density at radius 1 is 1.10 bits per heavy atom. The first-order chi connectivity index (χ1) is 14.4. The van der Waals surface area contributed by atoms with E-state index in [1.54, 1.807) is 12.1 Å². The summed E-state index contributed by atoms with van der Waals surface area (Å²) in [5.74, 6) is -1.10. The zero-order valence-corrected chi connectivity index (χ0v) is 17.7. The number of rotatable bonds is 8. The lowest BCUT2D eigenvalue weighted by Crippen LogP contribution is -2.42. The number of hydrogen-bond donors (Lipinski definition) is 1. The second-order valence-corrected chi connectivity index (χ2v) is 9.17. The molecule has 1 saturated heterocycles. The highest BCUT2D eigenvalue weighted by atomic mass is 32.2. The minimum atomic E-state index is -3.80. The predicted molar refractivity (Wildman–Crippen MR) is 112 cm³/mol. The Morgan fingerprint density at radius 3 is 2.50 bits per heavy atom. The Kier molecular flexibility index (Phi) is 7.23. The van der Waals surface area contributed by atoms with Gasteiger partial charge >= 0.3 is 5.97 Å². The van der Waals surface area contributed by atoms with Crippen LogP contribution in [-0.4, -0.2) is 50.3 Å². The van der Waals surface area contributed by atoms with Gasteiger partial charge in [0.1, 0.15) is 6.04 Å². The number of ether oxygens (including phenoxy) is 1. The Bertz CT molecular complexity index is 974. The van der Waals surface area contributed by atoms with Crippen LogP contribution in [0.5, 0.6) is 0 Å². The molecule has 1 aliphatic rings. The monoisotopic (exact) mass is 430 g/mol. The fraction of sp³-hybridized carbons (Fsp3) is 0.364. The van der Waals surface area contributed by atoms with Crippen LogP contribution < -0.4 is 5.32 Å². The van der Waals surface area contributed by atoms with Crippen LogP contribution in [0.25, 0.3) is 0 Å². The molecule has 2 aromatic rings. The third-order valence-electron chi connectivity index (χ3n) is 5.03. The summed E-state index contributed by atoms with van der Waals surface area (Å²) in [5, 5.41) is 2.70. The average molecular weight is 431 g/mol. The molecule has 2 aromatic carbocycles. The van der Waals surface area contributed by atoms with Crippen molar-refractivity contribution in [3.8, 4) is 0 Å². The standard InChI is InChI=1S/C22H26N2O5S/c1-17-9-11-19(12-10-17)30(27,28)24-15-5-8-20(24)22(26)29-16-21(25)23-14-13-18-6-3-2-4-7-18/h2-4,6-7,9-12,20H,5,8,13-16H2,1H3,(H,23,25). The molecule has 3 rings (SSSR count). The Morgan fingerprint density at radius 2 is 1.80 bits per heavy atom. The highest BCUT2D eigenvalue weighted by Gasteiger charge is 2.40. The molecule has 0 bridgehead atoms. The number of benzene rings is 2. The molecule has 1 fully saturated rings. The highest BCUT2D eigenvalue weighted by Crippen LogP contribution is 2.27. The van der Waals surface area contributed by atoms with Crippen molar-refractivity contribution < 1.29 is 22.7 Å². The van der Waals surface area contributed by atoms with Gasteiger partial charge in [0, 0.05) is 13.1 Å². The number of nitrogens with one attached hydrogen (secondary N) is 1. The van der Waals surface area contributed by atoms with E-state index in [2.05, 4.69) is 5.32 Å². The summed E-state index contributed by atoms with van der Waals surface area (Å²) in [6.07, 6.45) is 1.61. The molecular weight excluding hydrogens is 404 g/mol. The minimum Gasteiger partial charge on any atom is -0.454 e. The van der Waals surface area contributed by atoms with Crippen LogP contribution in [0.2, 0.25) is 0 Å². The van der Waals surface area contributed by atoms with E-state index in [1.807, 2.05) is 37.3 Å². The van der Waals surface area contributed by atoms with E-state index in [0.29, 0.717) is 25.8 Å². The molecule has 0 aliphatic carbocycles. The average Bonchev–Trinajstić information content (AvgIpc) is 3.24. The summed E-state index contributed by atoms with van der Waals surface area (Å²) in [5.41, 5.74) is 2.04. The van der Waals surface area contributed by atoms with Crippen LogP contribution >= 0.6 is 0 Å². The lowest BCUT2D eigenvalue weighted by atomic mass is 10.1. The molecule has 1 N–H and O–H groups in total. The van der Waals surface area contributed by atoms with E-state index in [0.717, 1.165) is 11.1 Å². The first kappa shape index (κ1) is 22.0. The van der Waals surface area contributed by atoms with Crippen LogP contribution in [0, 0.1) is 6.92 Å². The summed E-state index contributed by atoms with van der Waals surface area (Å²) in [7, 11) is -3.80. The maximum absolute atomic E-state index is 12.9. The zero-order valence-electron chi connectivity index (χ0n) is 16.9. The molecule has 0 radical (unpaired) electrons. The predicted octanol–water partition coefficient (Wildman–Crippen LogP) is 2.05. The number of hydrogen-bond acceptors (Lipinski definition) is 5. The Balaban J connectivity index is 1.51. The Hall–Kier alpha value is -2.71. The van der Waals surface area contributed by atoms with Gasteiger partial charge in [-0.3, -0.25) is 9.59 Å². The quantitative estimate of drug-likeness (QED) is 0.647. The van der Waals surface area contributed by atoms with Gasteiger partial charge in [-0.2, -0.15) is 4.31 Å². The number of esters is 1. The van der Waals surface area contributed by atoms with Crippen molar-refractivity contribution >= 4 is 21.9 Å². The Labute approximate surface area is 177 Å². The van der Waals surface area contributed by atoms with Crippen molar-refractivity contribution in [3.63, 3.8) is 0 Å². The highest BCUT2D eigenvalue weighted by molar-refractivity contribution is 7.89. The van der Waals surface area contributed by atoms with E-state index >= 15 is 0 Å². The second kappa shape index (κ2) is 9.86. The number of nitrogens with zero attached hydrogens (tertiary/aromatic N) is 1. The summed E-state index contributed by atoms with van der Waals surface area (Å²) in [4.78, 5) is 24.6. The topological polar surface area (TPSA) is 92.8 Å². The lowest BCUT2D eigenvalue weighted by molar-refractivity contribution is -0.151. The zero-order chi connectivity index (χ0) is 21.6. The minimum absolute atomic E-state index is 0.145. The van der Waals surface area contributed by atoms with Crippen molar-refractivity contribution in [1.82, 2.24) is 9.62 Å². The van der Waals surface area contributed by atoms with E-state index in [-0.39, 0.29) is 11.4 Å². The van der Waals surface area contributed by atoms with Crippen molar-refractivity contribution in [3.05, 3.63) is 65.7 Å². The van der Waals surface area contributed by atoms with E-state index in [4.69, 9.17) is 4.74 Å². The smallest absolute Gasteiger partial charge is 0.324 e. The summed E-state index contributed by atoms with van der Waals surface area (Å²) >= 11 is 0. The van der Waals surface area contributed by atoms with Gasteiger partial charge in [0.05, 0.1) is 4.90 Å². The molecule has 1 atom stereocenters. The SMILES string of the molecule is Cc1ccc(S(=O)(=O)N2CCCC2C(=O)OCC(=O)NCCc2ccccc2)cc1. The largest absolute Gasteiger partial charge is 0.454 e. The third kappa shape index (κ3) is 5.46. The van der Waals surface area contributed by atoms with Gasteiger partial charge in [-0.15, -0.1) is 0 Å². The van der Waals surface area contributed by atoms with Crippen LogP contribution in [-0.2, 0) is 30.8 Å². The number of sulfonamides is 1. The van der Waals surface area contributed by atoms with Crippen LogP contribution in [0.1, 0.15) is 24.0 Å². The van der Waals surface area contributed by atoms with Gasteiger partial charge < -0.3 is 10.1 Å². The van der Waals surface area contributed by atoms with Gasteiger partial charge in [-0.1, -0.05) is 48.0 Å². The molecule has 1 aliphatic heterocycles. The lowest BCUT2D eigenvalue weighted by Gasteiger charge is -2.22. The third-order valence-corrected chi connectivity index (χ3v) is 6.95. The fourth-order valence-electron chi connectivity index (χ4n) is 3.38. The van der Waals surface area contributed by atoms with Gasteiger partial charge in [-0.05, 0) is 43.9 Å². The van der Waals surface area contributed by atoms with Crippen LogP contribution in [0.3, 0.4) is 0 Å². The molecule has 8 heteroatoms. The molecule has 1 heterocycles. The number of aryl methyl sites for hydroxylation is 1. The molecule has 0 aromatic heterocycles. The maximum Gasteiger partial charge on any atom is 0.324 e. The van der Waals surface area contributed by atoms with Gasteiger partial charge in [0.25, 0.3) is 5.91 Å². The first-order valence-corrected chi connectivity index (χ1v) is 11.4. The number of carbonyl (C=O) groups is 2. The molecule has 0 spiro atoms. The maximum atomic E-state index is 12.9. The van der Waals surface area contributed by atoms with Crippen molar-refractivity contribution in [1.29, 1.82) is 0 Å². The van der Waals surface area contributed by atoms with Crippen molar-refractivity contribution in [2.75, 3.05) is 19.7 Å². The molecule has 160 valence electrons. The molecule has 7 nitrogen and oxygen atoms in total. The second-order valence-electron chi connectivity index (χ2n) is 7.28. The van der Waals surface area contributed by atoms with Gasteiger partial charge in [0.15, 0.2) is 6.61 Å². The van der Waals surface area contributed by atoms with Crippen LogP contribution in [0.15, 0.2) is 59.5 Å². The molecule has 0 saturated carbocycles. The number of amides is 1. The molecule has 1 unspecified atom stereocenters. The van der Waals surface area contributed by atoms with E-state index in [9.17, 15) is 18.0 Å².